The minimum Gasteiger partial charge on any atom is -0.491 e. The van der Waals surface area contributed by atoms with Crippen molar-refractivity contribution in [2.45, 2.75) is 58.8 Å². The Bertz CT molecular complexity index is 922. The number of likely N-dealkylation sites (tertiary alicyclic amines) is 1. The first-order valence-electron chi connectivity index (χ1n) is 11.8. The largest absolute Gasteiger partial charge is 0.491 e. The molecule has 2 heterocycles. The fraction of sp³-hybridized carbons (Fsp3) is 0.600. The van der Waals surface area contributed by atoms with Gasteiger partial charge in [0, 0.05) is 31.7 Å². The lowest BCUT2D eigenvalue weighted by molar-refractivity contribution is -0.0101. The van der Waals surface area contributed by atoms with E-state index in [4.69, 9.17) is 14.2 Å². The Balaban J connectivity index is 1.51. The first-order valence-corrected chi connectivity index (χ1v) is 11.8. The molecule has 7 nitrogen and oxygen atoms in total. The molecule has 1 saturated carbocycles. The third kappa shape index (κ3) is 4.69. The maximum atomic E-state index is 11.8. The quantitative estimate of drug-likeness (QED) is 0.634. The van der Waals surface area contributed by atoms with Gasteiger partial charge in [-0.15, -0.1) is 0 Å². The number of hydrogen-bond acceptors (Lipinski definition) is 7. The minimum atomic E-state index is -0.989. The molecule has 174 valence electrons. The summed E-state index contributed by atoms with van der Waals surface area (Å²) in [5, 5.41) is 11.8. The summed E-state index contributed by atoms with van der Waals surface area (Å²) >= 11 is 0. The lowest BCUT2D eigenvalue weighted by Crippen LogP contribution is -2.35. The summed E-state index contributed by atoms with van der Waals surface area (Å²) in [6.07, 6.45) is 3.53. The van der Waals surface area contributed by atoms with Gasteiger partial charge in [0.05, 0.1) is 24.9 Å². The Morgan fingerprint density at radius 3 is 2.75 bits per heavy atom. The van der Waals surface area contributed by atoms with E-state index in [0.29, 0.717) is 37.0 Å². The highest BCUT2D eigenvalue weighted by atomic mass is 16.5. The molecule has 32 heavy (non-hydrogen) atoms. The van der Waals surface area contributed by atoms with E-state index < -0.39 is 5.60 Å². The van der Waals surface area contributed by atoms with Crippen molar-refractivity contribution in [2.75, 3.05) is 26.3 Å². The van der Waals surface area contributed by atoms with Crippen molar-refractivity contribution in [1.82, 2.24) is 14.9 Å². The summed E-state index contributed by atoms with van der Waals surface area (Å²) in [5.41, 5.74) is 0.924. The lowest BCUT2D eigenvalue weighted by Gasteiger charge is -2.31. The zero-order valence-corrected chi connectivity index (χ0v) is 19.6. The van der Waals surface area contributed by atoms with Gasteiger partial charge in [0.1, 0.15) is 11.4 Å². The van der Waals surface area contributed by atoms with E-state index in [1.807, 2.05) is 39.8 Å². The van der Waals surface area contributed by atoms with Crippen LogP contribution in [-0.4, -0.2) is 52.4 Å². The molecule has 3 unspecified atom stereocenters. The molecule has 1 aromatic carbocycles. The van der Waals surface area contributed by atoms with Gasteiger partial charge in [-0.05, 0) is 64.2 Å². The van der Waals surface area contributed by atoms with E-state index in [9.17, 15) is 5.11 Å². The molecule has 1 N–H and O–H groups in total. The van der Waals surface area contributed by atoms with Crippen LogP contribution < -0.4 is 14.2 Å². The SMILES string of the molecule is CCOc1ncc(C2(O)CCC3CN(Cc4cccc(OC(C)C)c4)CC32)c(OCC)n1. The highest BCUT2D eigenvalue weighted by Gasteiger charge is 2.53. The van der Waals surface area contributed by atoms with Crippen molar-refractivity contribution in [2.24, 2.45) is 11.8 Å². The molecule has 0 amide bonds. The van der Waals surface area contributed by atoms with Crippen LogP contribution in [0.4, 0.5) is 0 Å². The average molecular weight is 442 g/mol. The van der Waals surface area contributed by atoms with Crippen LogP contribution in [0.1, 0.15) is 51.7 Å². The molecule has 2 fully saturated rings. The number of benzene rings is 1. The summed E-state index contributed by atoms with van der Waals surface area (Å²) in [5.74, 6) is 1.90. The highest BCUT2D eigenvalue weighted by molar-refractivity contribution is 5.34. The predicted molar refractivity (Wildman–Crippen MR) is 122 cm³/mol. The highest BCUT2D eigenvalue weighted by Crippen LogP contribution is 2.52. The van der Waals surface area contributed by atoms with Gasteiger partial charge in [0.25, 0.3) is 0 Å². The van der Waals surface area contributed by atoms with E-state index in [1.54, 1.807) is 6.20 Å². The van der Waals surface area contributed by atoms with Gasteiger partial charge in [-0.2, -0.15) is 4.98 Å². The first-order chi connectivity index (χ1) is 15.4. The maximum absolute atomic E-state index is 11.8. The predicted octanol–water partition coefficient (Wildman–Crippen LogP) is 3.79. The van der Waals surface area contributed by atoms with Gasteiger partial charge in [-0.25, -0.2) is 4.98 Å². The van der Waals surface area contributed by atoms with Crippen molar-refractivity contribution < 1.29 is 19.3 Å². The van der Waals surface area contributed by atoms with Crippen molar-refractivity contribution in [3.63, 3.8) is 0 Å². The number of fused-ring (bicyclic) bond motifs is 1. The molecule has 3 atom stereocenters. The van der Waals surface area contributed by atoms with E-state index in [2.05, 4.69) is 27.0 Å². The van der Waals surface area contributed by atoms with Gasteiger partial charge in [0.2, 0.25) is 5.88 Å². The van der Waals surface area contributed by atoms with Crippen LogP contribution in [0.25, 0.3) is 0 Å². The van der Waals surface area contributed by atoms with Gasteiger partial charge in [-0.1, -0.05) is 12.1 Å². The number of nitrogens with zero attached hydrogens (tertiary/aromatic N) is 3. The molecule has 0 radical (unpaired) electrons. The average Bonchev–Trinajstić information content (AvgIpc) is 3.28. The Kier molecular flexibility index (Phi) is 6.86. The zero-order valence-electron chi connectivity index (χ0n) is 19.6. The van der Waals surface area contributed by atoms with E-state index >= 15 is 0 Å². The monoisotopic (exact) mass is 441 g/mol. The summed E-state index contributed by atoms with van der Waals surface area (Å²) in [4.78, 5) is 11.2. The van der Waals surface area contributed by atoms with Crippen LogP contribution in [0.3, 0.4) is 0 Å². The maximum Gasteiger partial charge on any atom is 0.319 e. The smallest absolute Gasteiger partial charge is 0.319 e. The number of aromatic nitrogens is 2. The first kappa shape index (κ1) is 22.8. The molecule has 7 heteroatoms. The van der Waals surface area contributed by atoms with Crippen molar-refractivity contribution >= 4 is 0 Å². The molecule has 4 rings (SSSR count). The van der Waals surface area contributed by atoms with E-state index in [-0.39, 0.29) is 18.0 Å². The minimum absolute atomic E-state index is 0.123. The molecule has 1 aliphatic heterocycles. The number of aliphatic hydroxyl groups is 1. The van der Waals surface area contributed by atoms with Crippen LogP contribution in [0.15, 0.2) is 30.5 Å². The molecule has 1 saturated heterocycles. The Morgan fingerprint density at radius 1 is 1.19 bits per heavy atom. The van der Waals surface area contributed by atoms with E-state index in [1.165, 1.54) is 5.56 Å². The van der Waals surface area contributed by atoms with Crippen LogP contribution in [0, 0.1) is 11.8 Å². The molecular formula is C25H35N3O4. The van der Waals surface area contributed by atoms with Crippen LogP contribution in [0.2, 0.25) is 0 Å². The molecule has 0 bridgehead atoms. The summed E-state index contributed by atoms with van der Waals surface area (Å²) in [6.45, 7) is 11.5. The van der Waals surface area contributed by atoms with Crippen molar-refractivity contribution in [3.05, 3.63) is 41.6 Å². The topological polar surface area (TPSA) is 76.9 Å². The van der Waals surface area contributed by atoms with Crippen molar-refractivity contribution in [1.29, 1.82) is 0 Å². The second kappa shape index (κ2) is 9.63. The second-order valence-corrected chi connectivity index (χ2v) is 9.08. The fourth-order valence-electron chi connectivity index (χ4n) is 5.19. The number of hydrogen-bond donors (Lipinski definition) is 1. The van der Waals surface area contributed by atoms with Gasteiger partial charge >= 0.3 is 6.01 Å². The van der Waals surface area contributed by atoms with E-state index in [0.717, 1.165) is 31.8 Å². The number of ether oxygens (including phenoxy) is 3. The zero-order chi connectivity index (χ0) is 22.7. The standard InChI is InChI=1S/C25H35N3O4/c1-5-30-23-21(13-26-24(27-23)31-6-2)25(29)11-10-19-15-28(16-22(19)25)14-18-8-7-9-20(12-18)32-17(3)4/h7-9,12-13,17,19,22,29H,5-6,10-11,14-16H2,1-4H3. The molecular weight excluding hydrogens is 406 g/mol. The third-order valence-corrected chi connectivity index (χ3v) is 6.46. The van der Waals surface area contributed by atoms with Gasteiger partial charge in [0.15, 0.2) is 0 Å². The second-order valence-electron chi connectivity index (χ2n) is 9.08. The Morgan fingerprint density at radius 2 is 2.00 bits per heavy atom. The van der Waals surface area contributed by atoms with Crippen LogP contribution in [0.5, 0.6) is 17.6 Å². The van der Waals surface area contributed by atoms with Gasteiger partial charge < -0.3 is 19.3 Å². The molecule has 2 aliphatic rings. The molecule has 0 spiro atoms. The Hall–Kier alpha value is -2.38. The summed E-state index contributed by atoms with van der Waals surface area (Å²) in [7, 11) is 0. The number of rotatable bonds is 9. The molecule has 2 aromatic rings. The summed E-state index contributed by atoms with van der Waals surface area (Å²) in [6, 6.07) is 8.59. The normalized spacial score (nSPS) is 25.2. The molecule has 1 aliphatic carbocycles. The lowest BCUT2D eigenvalue weighted by atomic mass is 9.83. The van der Waals surface area contributed by atoms with Crippen molar-refractivity contribution in [3.8, 4) is 17.6 Å². The fourth-order valence-corrected chi connectivity index (χ4v) is 5.19. The molecule has 1 aromatic heterocycles. The Labute approximate surface area is 190 Å². The third-order valence-electron chi connectivity index (χ3n) is 6.46. The van der Waals surface area contributed by atoms with Gasteiger partial charge in [-0.3, -0.25) is 4.90 Å². The van der Waals surface area contributed by atoms with Crippen LogP contribution in [-0.2, 0) is 12.1 Å². The summed E-state index contributed by atoms with van der Waals surface area (Å²) < 4.78 is 17.1. The van der Waals surface area contributed by atoms with Crippen LogP contribution >= 0.6 is 0 Å².